The molecule has 3 aromatic rings. The van der Waals surface area contributed by atoms with Gasteiger partial charge < -0.3 is 29.7 Å². The largest absolute Gasteiger partial charge is 0.460 e. The van der Waals surface area contributed by atoms with E-state index in [1.807, 2.05) is 54.6 Å². The lowest BCUT2D eigenvalue weighted by molar-refractivity contribution is -0.160. The van der Waals surface area contributed by atoms with Crippen molar-refractivity contribution in [3.63, 3.8) is 0 Å². The van der Waals surface area contributed by atoms with E-state index in [1.54, 1.807) is 23.8 Å². The number of hydrogen-bond donors (Lipinski definition) is 2. The van der Waals surface area contributed by atoms with Crippen molar-refractivity contribution in [3.8, 4) is 0 Å². The van der Waals surface area contributed by atoms with Crippen molar-refractivity contribution in [2.75, 3.05) is 19.7 Å². The molecule has 270 valence electrons. The van der Waals surface area contributed by atoms with Gasteiger partial charge in [0.1, 0.15) is 29.9 Å². The summed E-state index contributed by atoms with van der Waals surface area (Å²) in [5, 5.41) is 22.1. The highest BCUT2D eigenvalue weighted by atomic mass is 79.9. The van der Waals surface area contributed by atoms with E-state index in [2.05, 4.69) is 44.7 Å². The highest BCUT2D eigenvalue weighted by molar-refractivity contribution is 9.09. The van der Waals surface area contributed by atoms with Gasteiger partial charge in [-0.05, 0) is 43.9 Å². The minimum atomic E-state index is -1.40. The van der Waals surface area contributed by atoms with E-state index in [-0.39, 0.29) is 49.8 Å². The number of fused-ring (bicyclic) bond motifs is 2. The van der Waals surface area contributed by atoms with Crippen molar-refractivity contribution < 1.29 is 33.8 Å². The molecule has 4 heterocycles. The van der Waals surface area contributed by atoms with Crippen molar-refractivity contribution in [3.05, 3.63) is 85.5 Å². The third kappa shape index (κ3) is 6.96. The van der Waals surface area contributed by atoms with Crippen molar-refractivity contribution in [1.82, 2.24) is 30.1 Å². The molecule has 0 aliphatic carbocycles. The number of aliphatic hydroxyl groups is 1. The van der Waals surface area contributed by atoms with Gasteiger partial charge in [-0.3, -0.25) is 19.2 Å². The fourth-order valence-corrected chi connectivity index (χ4v) is 8.72. The maximum absolute atomic E-state index is 15.0. The fraction of sp³-hybridized carbons (Fsp3) is 0.459. The lowest BCUT2D eigenvalue weighted by Crippen LogP contribution is -2.59. The van der Waals surface area contributed by atoms with E-state index in [0.29, 0.717) is 11.9 Å². The second-order valence-electron chi connectivity index (χ2n) is 13.4. The van der Waals surface area contributed by atoms with E-state index in [1.165, 1.54) is 9.80 Å². The van der Waals surface area contributed by atoms with E-state index in [9.17, 15) is 19.5 Å². The van der Waals surface area contributed by atoms with Gasteiger partial charge in [-0.1, -0.05) is 75.8 Å². The van der Waals surface area contributed by atoms with Crippen molar-refractivity contribution in [2.24, 2.45) is 11.8 Å². The van der Waals surface area contributed by atoms with Crippen LogP contribution in [0.1, 0.15) is 31.7 Å². The minimum absolute atomic E-state index is 0.00972. The number of carbonyl (C=O) groups excluding carboxylic acids is 4. The SMILES string of the molecule is C=CCCC(=O)NC[C@@H](C)OC(=O)[C@H]1[C@@H]2O[C@@]3(CC2Br)[C@@H]1C(=O)N([C@@H](CO)Cc1ccccc1)[C@@H]3C(=O)N(CC=C)Cn1nnc2ccccc21. The van der Waals surface area contributed by atoms with Gasteiger partial charge >= 0.3 is 5.97 Å². The molecule has 6 rings (SSSR count). The van der Waals surface area contributed by atoms with Gasteiger partial charge in [0.25, 0.3) is 0 Å². The summed E-state index contributed by atoms with van der Waals surface area (Å²) in [5.41, 5.74) is 0.854. The second kappa shape index (κ2) is 15.5. The smallest absolute Gasteiger partial charge is 0.312 e. The van der Waals surface area contributed by atoms with Gasteiger partial charge in [0.15, 0.2) is 0 Å². The number of carbonyl (C=O) groups is 4. The molecule has 14 heteroatoms. The molecule has 1 unspecified atom stereocenters. The summed E-state index contributed by atoms with van der Waals surface area (Å²) in [6.45, 7) is 8.97. The van der Waals surface area contributed by atoms with Gasteiger partial charge in [0.2, 0.25) is 17.7 Å². The first kappa shape index (κ1) is 36.4. The molecule has 8 atom stereocenters. The predicted molar refractivity (Wildman–Crippen MR) is 191 cm³/mol. The van der Waals surface area contributed by atoms with Crippen molar-refractivity contribution in [1.29, 1.82) is 0 Å². The number of rotatable bonds is 16. The number of alkyl halides is 1. The highest BCUT2D eigenvalue weighted by Gasteiger charge is 2.77. The Bertz CT molecular complexity index is 1790. The Morgan fingerprint density at radius 2 is 1.92 bits per heavy atom. The van der Waals surface area contributed by atoms with Crippen LogP contribution in [0.2, 0.25) is 0 Å². The molecule has 3 amide bonds. The van der Waals surface area contributed by atoms with Crippen LogP contribution >= 0.6 is 15.9 Å². The number of ether oxygens (including phenoxy) is 2. The number of nitrogens with one attached hydrogen (secondary N) is 1. The normalized spacial score (nSPS) is 26.1. The number of nitrogens with zero attached hydrogens (tertiary/aromatic N) is 5. The van der Waals surface area contributed by atoms with Gasteiger partial charge in [0, 0.05) is 17.8 Å². The number of hydrogen-bond acceptors (Lipinski definition) is 9. The van der Waals surface area contributed by atoms with E-state index < -0.39 is 66.1 Å². The highest BCUT2D eigenvalue weighted by Crippen LogP contribution is 2.61. The van der Waals surface area contributed by atoms with Gasteiger partial charge in [-0.25, -0.2) is 4.68 Å². The summed E-state index contributed by atoms with van der Waals surface area (Å²) in [4.78, 5) is 58.6. The maximum atomic E-state index is 15.0. The number of aromatic nitrogens is 3. The first-order valence-electron chi connectivity index (χ1n) is 17.2. The van der Waals surface area contributed by atoms with E-state index in [0.717, 1.165) is 11.1 Å². The molecule has 3 aliphatic heterocycles. The van der Waals surface area contributed by atoms with Crippen LogP contribution in [0.3, 0.4) is 0 Å². The summed E-state index contributed by atoms with van der Waals surface area (Å²) < 4.78 is 14.1. The average molecular weight is 764 g/mol. The van der Waals surface area contributed by atoms with Crippen LogP contribution in [0.5, 0.6) is 0 Å². The fourth-order valence-electron chi connectivity index (χ4n) is 7.77. The van der Waals surface area contributed by atoms with E-state index in [4.69, 9.17) is 9.47 Å². The first-order valence-corrected chi connectivity index (χ1v) is 18.1. The number of amides is 3. The average Bonchev–Trinajstić information content (AvgIpc) is 3.85. The molecule has 0 saturated carbocycles. The quantitative estimate of drug-likeness (QED) is 0.127. The molecule has 3 saturated heterocycles. The van der Waals surface area contributed by atoms with Gasteiger partial charge in [0.05, 0.1) is 42.6 Å². The molecule has 0 radical (unpaired) electrons. The van der Waals surface area contributed by atoms with Crippen LogP contribution in [0.15, 0.2) is 79.9 Å². The van der Waals surface area contributed by atoms with Crippen molar-refractivity contribution in [2.45, 2.75) is 74.0 Å². The summed E-state index contributed by atoms with van der Waals surface area (Å²) in [5.74, 6) is -3.80. The van der Waals surface area contributed by atoms with Crippen LogP contribution in [0.4, 0.5) is 0 Å². The monoisotopic (exact) mass is 762 g/mol. The number of esters is 1. The Labute approximate surface area is 304 Å². The number of benzene rings is 2. The van der Waals surface area contributed by atoms with Crippen LogP contribution in [-0.2, 0) is 41.7 Å². The molecule has 3 fully saturated rings. The molecular weight excluding hydrogens is 720 g/mol. The van der Waals surface area contributed by atoms with Gasteiger partial charge in [-0.15, -0.1) is 18.3 Å². The molecular formula is C37H43BrN6O7. The Morgan fingerprint density at radius 1 is 1.18 bits per heavy atom. The van der Waals surface area contributed by atoms with Crippen molar-refractivity contribution >= 4 is 50.7 Å². The number of likely N-dealkylation sites (tertiary alicyclic amines) is 1. The van der Waals surface area contributed by atoms with Crippen LogP contribution in [-0.4, -0.2) is 108 Å². The summed E-state index contributed by atoms with van der Waals surface area (Å²) in [7, 11) is 0. The third-order valence-corrected chi connectivity index (χ3v) is 10.9. The van der Waals surface area contributed by atoms with Crippen LogP contribution < -0.4 is 5.32 Å². The molecule has 3 aliphatic rings. The summed E-state index contributed by atoms with van der Waals surface area (Å²) in [6.07, 6.45) is 3.15. The Morgan fingerprint density at radius 3 is 2.65 bits per heavy atom. The second-order valence-corrected chi connectivity index (χ2v) is 14.6. The number of aliphatic hydroxyl groups excluding tert-OH is 1. The summed E-state index contributed by atoms with van der Waals surface area (Å²) in [6, 6.07) is 14.8. The topological polar surface area (TPSA) is 156 Å². The molecule has 1 spiro atoms. The predicted octanol–water partition coefficient (Wildman–Crippen LogP) is 2.77. The molecule has 51 heavy (non-hydrogen) atoms. The lowest BCUT2D eigenvalue weighted by Gasteiger charge is -2.39. The Hall–Kier alpha value is -4.40. The Kier molecular flexibility index (Phi) is 11.0. The number of allylic oxidation sites excluding steroid dienone is 1. The molecule has 13 nitrogen and oxygen atoms in total. The molecule has 2 bridgehead atoms. The van der Waals surface area contributed by atoms with Gasteiger partial charge in [-0.2, -0.15) is 0 Å². The lowest BCUT2D eigenvalue weighted by atomic mass is 9.70. The number of halogens is 1. The zero-order valence-electron chi connectivity index (χ0n) is 28.5. The minimum Gasteiger partial charge on any atom is -0.460 e. The Balaban J connectivity index is 1.34. The van der Waals surface area contributed by atoms with E-state index >= 15 is 4.79 Å². The zero-order chi connectivity index (χ0) is 36.3. The maximum Gasteiger partial charge on any atom is 0.312 e. The first-order chi connectivity index (χ1) is 24.6. The number of para-hydroxylation sites is 1. The zero-order valence-corrected chi connectivity index (χ0v) is 30.1. The van der Waals surface area contributed by atoms with Crippen LogP contribution in [0, 0.1) is 11.8 Å². The molecule has 1 aromatic heterocycles. The molecule has 2 N–H and O–H groups in total. The molecule has 2 aromatic carbocycles. The summed E-state index contributed by atoms with van der Waals surface area (Å²) >= 11 is 3.70. The van der Waals surface area contributed by atoms with Crippen LogP contribution in [0.25, 0.3) is 11.0 Å². The third-order valence-electron chi connectivity index (χ3n) is 10.0. The standard InChI is InChI=1S/C37H43BrN6O7/c1-4-6-16-29(46)39-20-23(3)50-36(49)30-31-34(47)44(25(21-45)18-24-12-8-7-9-13-24)33(37(31)19-26(38)32(30)51-37)35(48)42(17-5-2)22-43-28-15-11-10-14-27(28)40-41-43/h4-5,7-15,23,25-26,30-33,45H,1-2,6,16-22H2,3H3,(H,39,46)/t23-,25-,26?,30-,31+,32-,33-,37+/m1/s1.